The molecule has 0 spiro atoms. The Hall–Kier alpha value is -0.120. The lowest BCUT2D eigenvalue weighted by Gasteiger charge is -2.26. The molecule has 1 saturated heterocycles. The van der Waals surface area contributed by atoms with E-state index in [1.54, 1.807) is 0 Å². The molecule has 1 rings (SSSR count). The first-order valence-corrected chi connectivity index (χ1v) is 2.84. The van der Waals surface area contributed by atoms with Crippen LogP contribution in [0.5, 0.6) is 0 Å². The Kier molecular flexibility index (Phi) is 1.83. The Morgan fingerprint density at radius 2 is 2.50 bits per heavy atom. The maximum atomic E-state index is 8.93. The molecule has 1 N–H and O–H groups in total. The first-order chi connectivity index (χ1) is 3.80. The highest BCUT2D eigenvalue weighted by molar-refractivity contribution is 4.61. The molecule has 1 aliphatic rings. The van der Waals surface area contributed by atoms with Gasteiger partial charge in [0.25, 0.3) is 0 Å². The third-order valence-electron chi connectivity index (χ3n) is 1.33. The first-order valence-electron chi connectivity index (χ1n) is 2.84. The molecule has 1 aliphatic heterocycles. The lowest BCUT2D eigenvalue weighted by atomic mass is 10.3. The van der Waals surface area contributed by atoms with Crippen LogP contribution in [0.4, 0.5) is 0 Å². The molecule has 0 amide bonds. The molecule has 1 fully saturated rings. The minimum Gasteiger partial charge on any atom is -0.378 e. The van der Waals surface area contributed by atoms with Crippen LogP contribution in [0.3, 0.4) is 0 Å². The second-order valence-electron chi connectivity index (χ2n) is 2.09. The summed E-state index contributed by atoms with van der Waals surface area (Å²) in [6.45, 7) is 3.87. The van der Waals surface area contributed by atoms with E-state index in [0.717, 1.165) is 0 Å². The van der Waals surface area contributed by atoms with E-state index in [1.807, 2.05) is 6.92 Å². The van der Waals surface area contributed by atoms with Crippen LogP contribution in [-0.4, -0.2) is 36.1 Å². The molecule has 8 heavy (non-hydrogen) atoms. The van der Waals surface area contributed by atoms with Gasteiger partial charge >= 0.3 is 0 Å². The van der Waals surface area contributed by atoms with Gasteiger partial charge in [0.1, 0.15) is 0 Å². The molecular formula is C5H11NO2. The normalized spacial score (nSPS) is 33.0. The highest BCUT2D eigenvalue weighted by Gasteiger charge is 2.15. The lowest BCUT2D eigenvalue weighted by Crippen LogP contribution is -2.40. The van der Waals surface area contributed by atoms with Crippen molar-refractivity contribution in [1.82, 2.24) is 5.06 Å². The zero-order valence-electron chi connectivity index (χ0n) is 5.00. The molecule has 48 valence electrons. The highest BCUT2D eigenvalue weighted by atomic mass is 16.5. The molecule has 3 nitrogen and oxygen atoms in total. The van der Waals surface area contributed by atoms with E-state index in [4.69, 9.17) is 9.94 Å². The number of nitrogens with zero attached hydrogens (tertiary/aromatic N) is 1. The fraction of sp³-hybridized carbons (Fsp3) is 1.00. The van der Waals surface area contributed by atoms with Gasteiger partial charge in [-0.2, -0.15) is 5.06 Å². The molecule has 0 aromatic heterocycles. The topological polar surface area (TPSA) is 32.7 Å². The van der Waals surface area contributed by atoms with Gasteiger partial charge in [-0.05, 0) is 6.92 Å². The van der Waals surface area contributed by atoms with Crippen LogP contribution in [0.1, 0.15) is 6.92 Å². The number of morpholine rings is 1. The van der Waals surface area contributed by atoms with E-state index in [2.05, 4.69) is 0 Å². The van der Waals surface area contributed by atoms with E-state index in [1.165, 1.54) is 5.06 Å². The van der Waals surface area contributed by atoms with E-state index in [0.29, 0.717) is 19.8 Å². The van der Waals surface area contributed by atoms with Crippen molar-refractivity contribution in [2.75, 3.05) is 19.8 Å². The van der Waals surface area contributed by atoms with Crippen molar-refractivity contribution in [1.29, 1.82) is 0 Å². The van der Waals surface area contributed by atoms with Gasteiger partial charge in [-0.25, -0.2) is 0 Å². The number of hydrogen-bond donors (Lipinski definition) is 1. The van der Waals surface area contributed by atoms with Gasteiger partial charge < -0.3 is 9.94 Å². The summed E-state index contributed by atoms with van der Waals surface area (Å²) in [4.78, 5) is 0. The van der Waals surface area contributed by atoms with Gasteiger partial charge in [0.15, 0.2) is 0 Å². The second-order valence-corrected chi connectivity index (χ2v) is 2.09. The van der Waals surface area contributed by atoms with Gasteiger partial charge in [0, 0.05) is 6.54 Å². The van der Waals surface area contributed by atoms with Crippen molar-refractivity contribution in [3.05, 3.63) is 0 Å². The molecule has 0 aromatic rings. The fourth-order valence-corrected chi connectivity index (χ4v) is 0.718. The molecule has 3 heteroatoms. The Labute approximate surface area is 48.8 Å². The molecule has 0 aromatic carbocycles. The molecule has 0 radical (unpaired) electrons. The van der Waals surface area contributed by atoms with Crippen LogP contribution in [-0.2, 0) is 4.74 Å². The largest absolute Gasteiger partial charge is 0.378 e. The van der Waals surface area contributed by atoms with Gasteiger partial charge in [0.05, 0.1) is 19.3 Å². The van der Waals surface area contributed by atoms with Crippen molar-refractivity contribution in [2.24, 2.45) is 0 Å². The molecular weight excluding hydrogens is 106 g/mol. The van der Waals surface area contributed by atoms with Crippen LogP contribution in [0.2, 0.25) is 0 Å². The summed E-state index contributed by atoms with van der Waals surface area (Å²) in [6.07, 6.45) is 0. The number of rotatable bonds is 0. The average molecular weight is 117 g/mol. The Morgan fingerprint density at radius 3 is 2.88 bits per heavy atom. The second kappa shape index (κ2) is 2.44. The smallest absolute Gasteiger partial charge is 0.0643 e. The zero-order valence-corrected chi connectivity index (χ0v) is 5.00. The Morgan fingerprint density at radius 1 is 1.75 bits per heavy atom. The van der Waals surface area contributed by atoms with Gasteiger partial charge in [-0.1, -0.05) is 0 Å². The third-order valence-corrected chi connectivity index (χ3v) is 1.33. The standard InChI is InChI=1S/C5H11NO2/c1-5-4-8-3-2-6(5)7/h5,7H,2-4H2,1H3. The Balaban J connectivity index is 2.28. The molecule has 1 atom stereocenters. The van der Waals surface area contributed by atoms with Gasteiger partial charge in [0.2, 0.25) is 0 Å². The zero-order chi connectivity index (χ0) is 5.98. The van der Waals surface area contributed by atoms with Crippen LogP contribution in [0.25, 0.3) is 0 Å². The third kappa shape index (κ3) is 1.18. The summed E-state index contributed by atoms with van der Waals surface area (Å²) < 4.78 is 5.05. The Bertz CT molecular complexity index is 66.8. The minimum absolute atomic E-state index is 0.170. The van der Waals surface area contributed by atoms with Gasteiger partial charge in [-0.3, -0.25) is 0 Å². The van der Waals surface area contributed by atoms with Crippen LogP contribution < -0.4 is 0 Å². The van der Waals surface area contributed by atoms with Crippen molar-refractivity contribution >= 4 is 0 Å². The summed E-state index contributed by atoms with van der Waals surface area (Å²) in [5.41, 5.74) is 0. The number of hydroxylamine groups is 2. The van der Waals surface area contributed by atoms with Crippen molar-refractivity contribution in [3.63, 3.8) is 0 Å². The van der Waals surface area contributed by atoms with Crippen molar-refractivity contribution in [2.45, 2.75) is 13.0 Å². The summed E-state index contributed by atoms with van der Waals surface area (Å²) >= 11 is 0. The summed E-state index contributed by atoms with van der Waals surface area (Å²) in [5, 5.41) is 10.2. The van der Waals surface area contributed by atoms with E-state index < -0.39 is 0 Å². The number of hydrogen-bond acceptors (Lipinski definition) is 3. The fourth-order valence-electron chi connectivity index (χ4n) is 0.718. The average Bonchev–Trinajstić information content (AvgIpc) is 1.77. The molecule has 0 saturated carbocycles. The molecule has 0 aliphatic carbocycles. The number of ether oxygens (including phenoxy) is 1. The lowest BCUT2D eigenvalue weighted by molar-refractivity contribution is -0.175. The summed E-state index contributed by atoms with van der Waals surface area (Å²) in [6, 6.07) is 0.170. The maximum absolute atomic E-state index is 8.93. The van der Waals surface area contributed by atoms with E-state index in [9.17, 15) is 0 Å². The van der Waals surface area contributed by atoms with Crippen LogP contribution in [0.15, 0.2) is 0 Å². The van der Waals surface area contributed by atoms with Crippen molar-refractivity contribution < 1.29 is 9.94 Å². The van der Waals surface area contributed by atoms with Crippen LogP contribution >= 0.6 is 0 Å². The minimum atomic E-state index is 0.170. The molecule has 1 unspecified atom stereocenters. The maximum Gasteiger partial charge on any atom is 0.0643 e. The van der Waals surface area contributed by atoms with E-state index >= 15 is 0 Å². The monoisotopic (exact) mass is 117 g/mol. The predicted molar refractivity (Wildman–Crippen MR) is 28.8 cm³/mol. The SMILES string of the molecule is CC1COCCN1O. The van der Waals surface area contributed by atoms with Gasteiger partial charge in [-0.15, -0.1) is 0 Å². The first kappa shape index (κ1) is 6.01. The summed E-state index contributed by atoms with van der Waals surface area (Å²) in [7, 11) is 0. The predicted octanol–water partition coefficient (Wildman–Crippen LogP) is 0.0963. The molecule has 0 bridgehead atoms. The van der Waals surface area contributed by atoms with E-state index in [-0.39, 0.29) is 6.04 Å². The van der Waals surface area contributed by atoms with Crippen LogP contribution in [0, 0.1) is 0 Å². The van der Waals surface area contributed by atoms with Crippen molar-refractivity contribution in [3.8, 4) is 0 Å². The molecule has 1 heterocycles. The summed E-state index contributed by atoms with van der Waals surface area (Å²) in [5.74, 6) is 0. The quantitative estimate of drug-likeness (QED) is 0.488. The highest BCUT2D eigenvalue weighted by Crippen LogP contribution is 2.00.